The summed E-state index contributed by atoms with van der Waals surface area (Å²) in [5.74, 6) is 7.27. The third kappa shape index (κ3) is 3.22. The van der Waals surface area contributed by atoms with Crippen molar-refractivity contribution in [2.24, 2.45) is 0 Å². The van der Waals surface area contributed by atoms with Gasteiger partial charge in [-0.25, -0.2) is 9.47 Å². The van der Waals surface area contributed by atoms with Crippen molar-refractivity contribution in [3.8, 4) is 10.7 Å². The monoisotopic (exact) mass is 434 g/mol. The van der Waals surface area contributed by atoms with Crippen LogP contribution in [0.15, 0.2) is 60.6 Å². The Morgan fingerprint density at radius 2 is 2.16 bits per heavy atom. The zero-order chi connectivity index (χ0) is 17.4. The number of halogens is 1. The summed E-state index contributed by atoms with van der Waals surface area (Å²) >= 11 is 6.36. The molecule has 0 saturated carbocycles. The van der Waals surface area contributed by atoms with E-state index < -0.39 is 0 Å². The van der Waals surface area contributed by atoms with Crippen LogP contribution in [0.25, 0.3) is 21.7 Å². The molecule has 9 heteroatoms. The molecule has 0 aliphatic rings. The van der Waals surface area contributed by atoms with Crippen molar-refractivity contribution < 1.29 is 4.42 Å². The first-order chi connectivity index (χ1) is 12.1. The minimum Gasteiger partial charge on any atom is -0.423 e. The quantitative estimate of drug-likeness (QED) is 0.297. The van der Waals surface area contributed by atoms with Crippen molar-refractivity contribution in [3.63, 3.8) is 0 Å². The molecule has 0 bridgehead atoms. The minimum atomic E-state index is -0.380. The number of nitrogen functional groups attached to an aromatic ring is 1. The average Bonchev–Trinajstić information content (AvgIpc) is 3.21. The molecule has 0 atom stereocenters. The van der Waals surface area contributed by atoms with Gasteiger partial charge in [-0.1, -0.05) is 33.8 Å². The van der Waals surface area contributed by atoms with Gasteiger partial charge in [0.25, 0.3) is 0 Å². The summed E-state index contributed by atoms with van der Waals surface area (Å²) < 4.78 is 7.59. The van der Waals surface area contributed by atoms with Crippen LogP contribution in [-0.4, -0.2) is 14.9 Å². The Balaban J connectivity index is 1.64. The summed E-state index contributed by atoms with van der Waals surface area (Å²) in [5, 5.41) is 11.7. The lowest BCUT2D eigenvalue weighted by molar-refractivity contribution is 0.559. The molecule has 0 aliphatic heterocycles. The van der Waals surface area contributed by atoms with Gasteiger partial charge in [-0.3, -0.25) is 0 Å². The van der Waals surface area contributed by atoms with E-state index in [-0.39, 0.29) is 5.63 Å². The smallest absolute Gasteiger partial charge is 0.336 e. The second-order valence-corrected chi connectivity index (χ2v) is 7.98. The molecule has 0 spiro atoms. The first-order valence-corrected chi connectivity index (χ1v) is 9.87. The summed E-state index contributed by atoms with van der Waals surface area (Å²) in [6, 6.07) is 11.0. The van der Waals surface area contributed by atoms with Gasteiger partial charge in [0.15, 0.2) is 5.82 Å². The highest BCUT2D eigenvalue weighted by Crippen LogP contribution is 2.29. The summed E-state index contributed by atoms with van der Waals surface area (Å²) in [6.45, 7) is 0. The van der Waals surface area contributed by atoms with E-state index in [9.17, 15) is 4.79 Å². The molecular formula is C16H11BrN4O2S2. The molecule has 3 aromatic heterocycles. The Bertz CT molecular complexity index is 1110. The van der Waals surface area contributed by atoms with Crippen LogP contribution in [0.3, 0.4) is 0 Å². The van der Waals surface area contributed by atoms with Gasteiger partial charge in [-0.15, -0.1) is 21.5 Å². The molecule has 2 N–H and O–H groups in total. The summed E-state index contributed by atoms with van der Waals surface area (Å²) in [6.07, 6.45) is 0. The fourth-order valence-corrected chi connectivity index (χ4v) is 4.31. The largest absolute Gasteiger partial charge is 0.423 e. The number of aromatic nitrogens is 3. The van der Waals surface area contributed by atoms with Crippen LogP contribution < -0.4 is 11.5 Å². The lowest BCUT2D eigenvalue weighted by atomic mass is 10.1. The summed E-state index contributed by atoms with van der Waals surface area (Å²) in [4.78, 5) is 12.8. The molecule has 25 heavy (non-hydrogen) atoms. The van der Waals surface area contributed by atoms with Crippen molar-refractivity contribution in [3.05, 3.63) is 62.2 Å². The standard InChI is InChI=1S/C16H11BrN4O2S2/c17-10-3-4-11-9(6-14(22)23-12(11)7-10)8-25-16-20-19-15(21(16)18)13-2-1-5-24-13/h1-7H,8,18H2. The predicted molar refractivity (Wildman–Crippen MR) is 103 cm³/mol. The third-order valence-electron chi connectivity index (χ3n) is 3.56. The van der Waals surface area contributed by atoms with Crippen LogP contribution in [0.1, 0.15) is 5.56 Å². The van der Waals surface area contributed by atoms with Gasteiger partial charge < -0.3 is 10.3 Å². The molecule has 0 fully saturated rings. The van der Waals surface area contributed by atoms with Gasteiger partial charge in [-0.2, -0.15) is 0 Å². The maximum absolute atomic E-state index is 11.8. The van der Waals surface area contributed by atoms with Crippen LogP contribution in [0.4, 0.5) is 0 Å². The topological polar surface area (TPSA) is 86.9 Å². The van der Waals surface area contributed by atoms with Crippen LogP contribution in [0, 0.1) is 0 Å². The van der Waals surface area contributed by atoms with Gasteiger partial charge >= 0.3 is 5.63 Å². The van der Waals surface area contributed by atoms with Crippen molar-refractivity contribution >= 4 is 50.0 Å². The third-order valence-corrected chi connectivity index (χ3v) is 5.91. The van der Waals surface area contributed by atoms with Gasteiger partial charge in [-0.05, 0) is 35.2 Å². The van der Waals surface area contributed by atoms with Gasteiger partial charge in [0.1, 0.15) is 5.58 Å². The van der Waals surface area contributed by atoms with Crippen molar-refractivity contribution in [2.75, 3.05) is 5.84 Å². The molecule has 126 valence electrons. The number of thioether (sulfide) groups is 1. The van der Waals surface area contributed by atoms with Crippen LogP contribution in [0.2, 0.25) is 0 Å². The number of nitrogens with two attached hydrogens (primary N) is 1. The van der Waals surface area contributed by atoms with E-state index in [1.807, 2.05) is 29.6 Å². The predicted octanol–water partition coefficient (Wildman–Crippen LogP) is 3.88. The Morgan fingerprint density at radius 3 is 2.96 bits per heavy atom. The van der Waals surface area contributed by atoms with Crippen LogP contribution in [0.5, 0.6) is 0 Å². The maximum Gasteiger partial charge on any atom is 0.336 e. The lowest BCUT2D eigenvalue weighted by Gasteiger charge is -2.06. The fraction of sp³-hybridized carbons (Fsp3) is 0.0625. The Morgan fingerprint density at radius 1 is 1.28 bits per heavy atom. The molecule has 0 unspecified atom stereocenters. The molecule has 4 rings (SSSR count). The number of hydrogen-bond acceptors (Lipinski definition) is 7. The normalized spacial score (nSPS) is 11.2. The number of benzene rings is 1. The number of fused-ring (bicyclic) bond motifs is 1. The average molecular weight is 435 g/mol. The van der Waals surface area contributed by atoms with Gasteiger partial charge in [0, 0.05) is 21.7 Å². The second-order valence-electron chi connectivity index (χ2n) is 5.17. The molecule has 1 aromatic carbocycles. The summed E-state index contributed by atoms with van der Waals surface area (Å²) in [5.41, 5.74) is 1.03. The van der Waals surface area contributed by atoms with Crippen molar-refractivity contribution in [1.29, 1.82) is 0 Å². The van der Waals surface area contributed by atoms with Crippen LogP contribution >= 0.6 is 39.0 Å². The van der Waals surface area contributed by atoms with E-state index in [0.717, 1.165) is 20.3 Å². The number of rotatable bonds is 4. The van der Waals surface area contributed by atoms with E-state index in [0.29, 0.717) is 22.3 Å². The zero-order valence-electron chi connectivity index (χ0n) is 12.7. The molecule has 0 aliphatic carbocycles. The molecule has 0 amide bonds. The van der Waals surface area contributed by atoms with Crippen molar-refractivity contribution in [1.82, 2.24) is 14.9 Å². The maximum atomic E-state index is 11.8. The zero-order valence-corrected chi connectivity index (χ0v) is 15.9. The highest BCUT2D eigenvalue weighted by molar-refractivity contribution is 9.10. The molecule has 0 saturated heterocycles. The highest BCUT2D eigenvalue weighted by Gasteiger charge is 2.14. The number of nitrogens with zero attached hydrogens (tertiary/aromatic N) is 3. The number of thiophene rings is 1. The Labute approximate surface area is 158 Å². The molecule has 3 heterocycles. The van der Waals surface area contributed by atoms with Gasteiger partial charge in [0.05, 0.1) is 4.88 Å². The molecule has 4 aromatic rings. The molecule has 0 radical (unpaired) electrons. The molecule has 6 nitrogen and oxygen atoms in total. The number of hydrogen-bond donors (Lipinski definition) is 1. The van der Waals surface area contributed by atoms with Gasteiger partial charge in [0.2, 0.25) is 5.16 Å². The van der Waals surface area contributed by atoms with Crippen LogP contribution in [-0.2, 0) is 5.75 Å². The fourth-order valence-electron chi connectivity index (χ4n) is 2.41. The van der Waals surface area contributed by atoms with E-state index in [1.165, 1.54) is 22.5 Å². The van der Waals surface area contributed by atoms with E-state index in [2.05, 4.69) is 26.1 Å². The first kappa shape index (κ1) is 16.4. The van der Waals surface area contributed by atoms with E-state index in [1.54, 1.807) is 17.4 Å². The van der Waals surface area contributed by atoms with Crippen molar-refractivity contribution in [2.45, 2.75) is 10.9 Å². The Kier molecular flexibility index (Phi) is 4.36. The van der Waals surface area contributed by atoms with E-state index >= 15 is 0 Å². The Hall–Kier alpha value is -2.10. The lowest BCUT2D eigenvalue weighted by Crippen LogP contribution is -2.11. The first-order valence-electron chi connectivity index (χ1n) is 7.21. The second kappa shape index (κ2) is 6.66. The summed E-state index contributed by atoms with van der Waals surface area (Å²) in [7, 11) is 0. The molecular weight excluding hydrogens is 424 g/mol. The minimum absolute atomic E-state index is 0.380. The SMILES string of the molecule is Nn1c(SCc2cc(=O)oc3cc(Br)ccc23)nnc1-c1cccs1. The highest BCUT2D eigenvalue weighted by atomic mass is 79.9. The van der Waals surface area contributed by atoms with E-state index in [4.69, 9.17) is 10.3 Å².